The number of carbonyl (C=O) groups excluding carboxylic acids is 2. The lowest BCUT2D eigenvalue weighted by atomic mass is 9.77. The third kappa shape index (κ3) is 3.15. The van der Waals surface area contributed by atoms with Gasteiger partial charge in [-0.3, -0.25) is 9.59 Å². The summed E-state index contributed by atoms with van der Waals surface area (Å²) in [6.45, 7) is 5.17. The van der Waals surface area contributed by atoms with E-state index in [1.807, 2.05) is 28.9 Å². The Hall–Kier alpha value is -1.95. The summed E-state index contributed by atoms with van der Waals surface area (Å²) >= 11 is 0. The summed E-state index contributed by atoms with van der Waals surface area (Å²) < 4.78 is 5.08. The molecule has 3 rings (SSSR count). The van der Waals surface area contributed by atoms with Crippen LogP contribution in [0.2, 0.25) is 0 Å². The minimum atomic E-state index is -0.273. The number of carbonyl (C=O) groups is 2. The summed E-state index contributed by atoms with van der Waals surface area (Å²) in [7, 11) is 1.65. The van der Waals surface area contributed by atoms with Crippen LogP contribution >= 0.6 is 0 Å². The minimum Gasteiger partial charge on any atom is -0.383 e. The summed E-state index contributed by atoms with van der Waals surface area (Å²) in [6, 6.07) is 5.50. The van der Waals surface area contributed by atoms with Crippen LogP contribution in [0.5, 0.6) is 0 Å². The summed E-state index contributed by atoms with van der Waals surface area (Å²) in [4.78, 5) is 33.4. The number of amides is 2. The number of hydrogen-bond donors (Lipinski definition) is 0. The zero-order chi connectivity index (χ0) is 17.2. The van der Waals surface area contributed by atoms with Crippen molar-refractivity contribution >= 4 is 11.8 Å². The average Bonchev–Trinajstić information content (AvgIpc) is 2.89. The van der Waals surface area contributed by atoms with Gasteiger partial charge in [0, 0.05) is 39.0 Å². The molecule has 0 radical (unpaired) electrons. The Morgan fingerprint density at radius 2 is 1.96 bits per heavy atom. The van der Waals surface area contributed by atoms with Crippen LogP contribution in [0.15, 0.2) is 18.2 Å². The zero-order valence-electron chi connectivity index (χ0n) is 14.5. The van der Waals surface area contributed by atoms with Gasteiger partial charge in [0.05, 0.1) is 12.0 Å². The highest BCUT2D eigenvalue weighted by Crippen LogP contribution is 2.41. The van der Waals surface area contributed by atoms with E-state index < -0.39 is 0 Å². The maximum Gasteiger partial charge on any atom is 0.272 e. The molecule has 2 aliphatic rings. The quantitative estimate of drug-likeness (QED) is 0.839. The Balaban J connectivity index is 1.62. The number of ether oxygens (including phenoxy) is 1. The summed E-state index contributed by atoms with van der Waals surface area (Å²) in [6.07, 6.45) is 2.38. The number of rotatable bonds is 4. The van der Waals surface area contributed by atoms with Gasteiger partial charge in [-0.05, 0) is 38.3 Å². The topological polar surface area (TPSA) is 62.7 Å². The van der Waals surface area contributed by atoms with Crippen molar-refractivity contribution in [2.75, 3.05) is 39.9 Å². The van der Waals surface area contributed by atoms with Gasteiger partial charge in [-0.25, -0.2) is 4.98 Å². The van der Waals surface area contributed by atoms with E-state index in [0.717, 1.165) is 31.5 Å². The van der Waals surface area contributed by atoms with Crippen LogP contribution < -0.4 is 0 Å². The van der Waals surface area contributed by atoms with Crippen LogP contribution in [-0.4, -0.2) is 66.5 Å². The first kappa shape index (κ1) is 16.9. The largest absolute Gasteiger partial charge is 0.383 e. The minimum absolute atomic E-state index is 0.0322. The van der Waals surface area contributed by atoms with Gasteiger partial charge in [-0.1, -0.05) is 6.07 Å². The van der Waals surface area contributed by atoms with Crippen molar-refractivity contribution in [3.8, 4) is 0 Å². The Bertz CT molecular complexity index is 624. The van der Waals surface area contributed by atoms with Crippen molar-refractivity contribution in [3.05, 3.63) is 29.6 Å². The highest BCUT2D eigenvalue weighted by atomic mass is 16.5. The molecule has 2 amide bonds. The fourth-order valence-corrected chi connectivity index (χ4v) is 3.73. The molecule has 0 aliphatic carbocycles. The molecule has 2 aliphatic heterocycles. The Morgan fingerprint density at radius 3 is 2.62 bits per heavy atom. The maximum absolute atomic E-state index is 12.7. The predicted octanol–water partition coefficient (Wildman–Crippen LogP) is 1.49. The molecule has 2 fully saturated rings. The van der Waals surface area contributed by atoms with E-state index in [9.17, 15) is 9.59 Å². The van der Waals surface area contributed by atoms with Gasteiger partial charge >= 0.3 is 0 Å². The number of piperidine rings is 1. The van der Waals surface area contributed by atoms with Crippen LogP contribution in [0.4, 0.5) is 0 Å². The number of nitrogens with zero attached hydrogens (tertiary/aromatic N) is 3. The number of aryl methyl sites for hydroxylation is 1. The van der Waals surface area contributed by atoms with Crippen LogP contribution in [0, 0.1) is 12.3 Å². The highest BCUT2D eigenvalue weighted by Gasteiger charge is 2.48. The number of hydrogen-bond acceptors (Lipinski definition) is 4. The number of pyridine rings is 1. The molecule has 3 heterocycles. The third-order valence-corrected chi connectivity index (χ3v) is 5.28. The van der Waals surface area contributed by atoms with Crippen LogP contribution in [-0.2, 0) is 9.53 Å². The molecule has 2 saturated heterocycles. The number of likely N-dealkylation sites (tertiary alicyclic amines) is 2. The number of methoxy groups -OCH3 is 1. The van der Waals surface area contributed by atoms with Crippen molar-refractivity contribution in [1.82, 2.24) is 14.8 Å². The average molecular weight is 331 g/mol. The Morgan fingerprint density at radius 1 is 1.25 bits per heavy atom. The molecule has 6 nitrogen and oxygen atoms in total. The molecule has 1 aromatic rings. The first-order valence-corrected chi connectivity index (χ1v) is 8.57. The highest BCUT2D eigenvalue weighted by molar-refractivity contribution is 5.93. The fraction of sp³-hybridized carbons (Fsp3) is 0.611. The molecule has 130 valence electrons. The van der Waals surface area contributed by atoms with Crippen molar-refractivity contribution in [2.45, 2.75) is 26.2 Å². The standard InChI is InChI=1S/C18H25N3O3/c1-14-4-3-5-15(19-14)16(22)20-9-6-18(7-10-20)8-11-21(17(18)23)12-13-24-2/h3-5H,6-13H2,1-2H3. The van der Waals surface area contributed by atoms with Gasteiger partial charge < -0.3 is 14.5 Å². The van der Waals surface area contributed by atoms with Crippen molar-refractivity contribution in [1.29, 1.82) is 0 Å². The lowest BCUT2D eigenvalue weighted by Crippen LogP contribution is -2.47. The molecule has 0 atom stereocenters. The van der Waals surface area contributed by atoms with Crippen molar-refractivity contribution in [3.63, 3.8) is 0 Å². The molecule has 1 aromatic heterocycles. The fourth-order valence-electron chi connectivity index (χ4n) is 3.73. The van der Waals surface area contributed by atoms with Crippen LogP contribution in [0.3, 0.4) is 0 Å². The molecule has 6 heteroatoms. The van der Waals surface area contributed by atoms with E-state index in [4.69, 9.17) is 4.74 Å². The van der Waals surface area contributed by atoms with E-state index in [1.165, 1.54) is 0 Å². The van der Waals surface area contributed by atoms with E-state index >= 15 is 0 Å². The van der Waals surface area contributed by atoms with Gasteiger partial charge in [-0.15, -0.1) is 0 Å². The Labute approximate surface area is 142 Å². The van der Waals surface area contributed by atoms with Gasteiger partial charge in [0.2, 0.25) is 5.91 Å². The monoisotopic (exact) mass is 331 g/mol. The lowest BCUT2D eigenvalue weighted by molar-refractivity contribution is -0.138. The van der Waals surface area contributed by atoms with Crippen LogP contribution in [0.25, 0.3) is 0 Å². The van der Waals surface area contributed by atoms with Gasteiger partial charge in [0.15, 0.2) is 0 Å². The summed E-state index contributed by atoms with van der Waals surface area (Å²) in [5, 5.41) is 0. The predicted molar refractivity (Wildman–Crippen MR) is 89.6 cm³/mol. The zero-order valence-corrected chi connectivity index (χ0v) is 14.5. The molecular weight excluding hydrogens is 306 g/mol. The van der Waals surface area contributed by atoms with Crippen molar-refractivity contribution < 1.29 is 14.3 Å². The lowest BCUT2D eigenvalue weighted by Gasteiger charge is -2.37. The normalized spacial score (nSPS) is 20.0. The molecule has 0 N–H and O–H groups in total. The first-order valence-electron chi connectivity index (χ1n) is 8.57. The molecule has 0 unspecified atom stereocenters. The van der Waals surface area contributed by atoms with Crippen LogP contribution in [0.1, 0.15) is 35.4 Å². The molecule has 0 aromatic carbocycles. The molecule has 0 bridgehead atoms. The first-order chi connectivity index (χ1) is 11.6. The molecule has 0 saturated carbocycles. The summed E-state index contributed by atoms with van der Waals surface area (Å²) in [5.41, 5.74) is 1.06. The SMILES string of the molecule is COCCN1CCC2(CCN(C(=O)c3cccc(C)n3)CC2)C1=O. The van der Waals surface area contributed by atoms with E-state index in [2.05, 4.69) is 4.98 Å². The third-order valence-electron chi connectivity index (χ3n) is 5.28. The van der Waals surface area contributed by atoms with Gasteiger partial charge in [-0.2, -0.15) is 0 Å². The smallest absolute Gasteiger partial charge is 0.272 e. The van der Waals surface area contributed by atoms with Crippen molar-refractivity contribution in [2.24, 2.45) is 5.41 Å². The van der Waals surface area contributed by atoms with E-state index in [0.29, 0.717) is 31.9 Å². The van der Waals surface area contributed by atoms with E-state index in [1.54, 1.807) is 13.2 Å². The van der Waals surface area contributed by atoms with E-state index in [-0.39, 0.29) is 17.2 Å². The second-order valence-electron chi connectivity index (χ2n) is 6.77. The second-order valence-corrected chi connectivity index (χ2v) is 6.77. The molecule has 24 heavy (non-hydrogen) atoms. The maximum atomic E-state index is 12.7. The van der Waals surface area contributed by atoms with Gasteiger partial charge in [0.1, 0.15) is 5.69 Å². The number of aromatic nitrogens is 1. The van der Waals surface area contributed by atoms with Gasteiger partial charge in [0.25, 0.3) is 5.91 Å². The Kier molecular flexibility index (Phi) is 4.85. The second kappa shape index (κ2) is 6.89. The molecular formula is C18H25N3O3. The molecule has 1 spiro atoms. The summed E-state index contributed by atoms with van der Waals surface area (Å²) in [5.74, 6) is 0.204.